The molecule has 1 aromatic rings. The second-order valence-electron chi connectivity index (χ2n) is 6.32. The van der Waals surface area contributed by atoms with Crippen molar-refractivity contribution < 1.29 is 9.94 Å². The van der Waals surface area contributed by atoms with E-state index in [-0.39, 0.29) is 5.41 Å². The van der Waals surface area contributed by atoms with Gasteiger partial charge in [-0.25, -0.2) is 4.98 Å². The first-order valence-corrected chi connectivity index (χ1v) is 7.06. The second kappa shape index (κ2) is 6.11. The highest BCUT2D eigenvalue weighted by atomic mass is 16.5. The molecule has 1 aliphatic heterocycles. The summed E-state index contributed by atoms with van der Waals surface area (Å²) in [6.45, 7) is 8.71. The molecule has 0 spiro atoms. The highest BCUT2D eigenvalue weighted by Gasteiger charge is 2.23. The molecule has 0 bridgehead atoms. The minimum atomic E-state index is 0.0545. The SMILES string of the molecule is CC(C)(C)COc1ncccc1/C(=N/O)N1CCCC1. The Hall–Kier alpha value is -1.78. The smallest absolute Gasteiger partial charge is 0.224 e. The summed E-state index contributed by atoms with van der Waals surface area (Å²) in [4.78, 5) is 6.35. The van der Waals surface area contributed by atoms with E-state index in [0.717, 1.165) is 31.5 Å². The molecule has 0 aliphatic carbocycles. The van der Waals surface area contributed by atoms with Crippen LogP contribution in [-0.2, 0) is 0 Å². The minimum Gasteiger partial charge on any atom is -0.477 e. The zero-order chi connectivity index (χ0) is 14.6. The summed E-state index contributed by atoms with van der Waals surface area (Å²) < 4.78 is 5.81. The van der Waals surface area contributed by atoms with E-state index in [2.05, 4.69) is 35.8 Å². The summed E-state index contributed by atoms with van der Waals surface area (Å²) in [6.07, 6.45) is 3.94. The number of amidine groups is 1. The maximum Gasteiger partial charge on any atom is 0.224 e. The second-order valence-corrected chi connectivity index (χ2v) is 6.32. The first-order valence-electron chi connectivity index (χ1n) is 7.06. The lowest BCUT2D eigenvalue weighted by Gasteiger charge is -2.22. The van der Waals surface area contributed by atoms with Gasteiger partial charge in [-0.3, -0.25) is 0 Å². The van der Waals surface area contributed by atoms with E-state index in [9.17, 15) is 5.21 Å². The van der Waals surface area contributed by atoms with Crippen molar-refractivity contribution in [2.24, 2.45) is 10.6 Å². The highest BCUT2D eigenvalue weighted by Crippen LogP contribution is 2.22. The van der Waals surface area contributed by atoms with Gasteiger partial charge in [-0.15, -0.1) is 0 Å². The molecule has 0 unspecified atom stereocenters. The van der Waals surface area contributed by atoms with Gasteiger partial charge in [0.15, 0.2) is 5.84 Å². The molecule has 1 N–H and O–H groups in total. The number of rotatable bonds is 3. The monoisotopic (exact) mass is 277 g/mol. The van der Waals surface area contributed by atoms with E-state index in [1.165, 1.54) is 0 Å². The largest absolute Gasteiger partial charge is 0.477 e. The summed E-state index contributed by atoms with van der Waals surface area (Å²) in [7, 11) is 0. The molecule has 0 amide bonds. The summed E-state index contributed by atoms with van der Waals surface area (Å²) in [5, 5.41) is 12.8. The van der Waals surface area contributed by atoms with Gasteiger partial charge >= 0.3 is 0 Å². The highest BCUT2D eigenvalue weighted by molar-refractivity contribution is 6.00. The van der Waals surface area contributed by atoms with E-state index >= 15 is 0 Å². The van der Waals surface area contributed by atoms with Crippen molar-refractivity contribution in [2.45, 2.75) is 33.6 Å². The number of hydrogen-bond donors (Lipinski definition) is 1. The van der Waals surface area contributed by atoms with Crippen LogP contribution in [-0.4, -0.2) is 40.6 Å². The van der Waals surface area contributed by atoms with Crippen molar-refractivity contribution in [3.05, 3.63) is 23.9 Å². The van der Waals surface area contributed by atoms with Gasteiger partial charge < -0.3 is 14.8 Å². The first kappa shape index (κ1) is 14.6. The van der Waals surface area contributed by atoms with Crippen LogP contribution >= 0.6 is 0 Å². The first-order chi connectivity index (χ1) is 9.51. The van der Waals surface area contributed by atoms with Crippen molar-refractivity contribution in [1.82, 2.24) is 9.88 Å². The lowest BCUT2D eigenvalue weighted by molar-refractivity contribution is 0.190. The van der Waals surface area contributed by atoms with Crippen molar-refractivity contribution in [3.63, 3.8) is 0 Å². The van der Waals surface area contributed by atoms with Crippen LogP contribution in [0.1, 0.15) is 39.2 Å². The molecular weight excluding hydrogens is 254 g/mol. The molecule has 0 radical (unpaired) electrons. The molecule has 20 heavy (non-hydrogen) atoms. The Balaban J connectivity index is 2.22. The summed E-state index contributed by atoms with van der Waals surface area (Å²) in [5.74, 6) is 1.08. The molecule has 1 fully saturated rings. The Labute approximate surface area is 120 Å². The number of nitrogens with zero attached hydrogens (tertiary/aromatic N) is 3. The van der Waals surface area contributed by atoms with Gasteiger partial charge in [-0.05, 0) is 30.4 Å². The van der Waals surface area contributed by atoms with Crippen LogP contribution in [0.2, 0.25) is 0 Å². The van der Waals surface area contributed by atoms with Crippen LogP contribution in [0, 0.1) is 5.41 Å². The Morgan fingerprint density at radius 1 is 1.40 bits per heavy atom. The maximum absolute atomic E-state index is 9.36. The topological polar surface area (TPSA) is 58.0 Å². The van der Waals surface area contributed by atoms with Gasteiger partial charge in [-0.2, -0.15) is 0 Å². The maximum atomic E-state index is 9.36. The number of aromatic nitrogens is 1. The van der Waals surface area contributed by atoms with E-state index in [1.54, 1.807) is 6.20 Å². The fourth-order valence-corrected chi connectivity index (χ4v) is 2.18. The van der Waals surface area contributed by atoms with Crippen LogP contribution in [0.3, 0.4) is 0 Å². The average Bonchev–Trinajstić information content (AvgIpc) is 2.91. The molecule has 110 valence electrons. The molecule has 2 heterocycles. The number of hydrogen-bond acceptors (Lipinski definition) is 4. The molecule has 1 aromatic heterocycles. The zero-order valence-corrected chi connectivity index (χ0v) is 12.5. The van der Waals surface area contributed by atoms with Crippen LogP contribution in [0.5, 0.6) is 5.88 Å². The molecule has 5 nitrogen and oxygen atoms in total. The Kier molecular flexibility index (Phi) is 4.47. The Morgan fingerprint density at radius 3 is 2.70 bits per heavy atom. The zero-order valence-electron chi connectivity index (χ0n) is 12.5. The third kappa shape index (κ3) is 3.62. The van der Waals surface area contributed by atoms with Crippen molar-refractivity contribution in [2.75, 3.05) is 19.7 Å². The molecule has 0 aromatic carbocycles. The normalized spacial score (nSPS) is 16.6. The van der Waals surface area contributed by atoms with Gasteiger partial charge in [0.2, 0.25) is 5.88 Å². The van der Waals surface area contributed by atoms with E-state index in [0.29, 0.717) is 18.3 Å². The molecule has 2 rings (SSSR count). The third-order valence-corrected chi connectivity index (χ3v) is 3.15. The molecule has 0 atom stereocenters. The summed E-state index contributed by atoms with van der Waals surface area (Å²) in [6, 6.07) is 3.72. The lowest BCUT2D eigenvalue weighted by Crippen LogP contribution is -2.29. The molecular formula is C15H23N3O2. The average molecular weight is 277 g/mol. The van der Waals surface area contributed by atoms with Gasteiger partial charge in [0, 0.05) is 19.3 Å². The fourth-order valence-electron chi connectivity index (χ4n) is 2.18. The van der Waals surface area contributed by atoms with Crippen LogP contribution in [0.25, 0.3) is 0 Å². The lowest BCUT2D eigenvalue weighted by atomic mass is 9.99. The third-order valence-electron chi connectivity index (χ3n) is 3.15. The molecule has 1 aliphatic rings. The van der Waals surface area contributed by atoms with E-state index in [1.807, 2.05) is 12.1 Å². The van der Waals surface area contributed by atoms with Crippen LogP contribution < -0.4 is 4.74 Å². The fraction of sp³-hybridized carbons (Fsp3) is 0.600. The molecule has 5 heteroatoms. The number of ether oxygens (including phenoxy) is 1. The number of pyridine rings is 1. The minimum absolute atomic E-state index is 0.0545. The number of oxime groups is 1. The Bertz CT molecular complexity index is 474. The quantitative estimate of drug-likeness (QED) is 0.399. The summed E-state index contributed by atoms with van der Waals surface area (Å²) >= 11 is 0. The standard InChI is InChI=1S/C15H23N3O2/c1-15(2,3)11-20-14-12(7-6-8-16-14)13(17-19)18-9-4-5-10-18/h6-8,19H,4-5,9-11H2,1-3H3/b17-13-. The summed E-state index contributed by atoms with van der Waals surface area (Å²) in [5.41, 5.74) is 0.806. The molecule has 1 saturated heterocycles. The van der Waals surface area contributed by atoms with Crippen LogP contribution in [0.4, 0.5) is 0 Å². The van der Waals surface area contributed by atoms with Gasteiger partial charge in [0.1, 0.15) is 0 Å². The molecule has 0 saturated carbocycles. The van der Waals surface area contributed by atoms with E-state index in [4.69, 9.17) is 4.74 Å². The van der Waals surface area contributed by atoms with Crippen molar-refractivity contribution in [1.29, 1.82) is 0 Å². The van der Waals surface area contributed by atoms with Crippen molar-refractivity contribution in [3.8, 4) is 5.88 Å². The van der Waals surface area contributed by atoms with Gasteiger partial charge in [-0.1, -0.05) is 25.9 Å². The van der Waals surface area contributed by atoms with Gasteiger partial charge in [0.25, 0.3) is 0 Å². The number of likely N-dealkylation sites (tertiary alicyclic amines) is 1. The van der Waals surface area contributed by atoms with Crippen molar-refractivity contribution >= 4 is 5.84 Å². The Morgan fingerprint density at radius 2 is 2.10 bits per heavy atom. The van der Waals surface area contributed by atoms with Gasteiger partial charge in [0.05, 0.1) is 12.2 Å². The van der Waals surface area contributed by atoms with Crippen LogP contribution in [0.15, 0.2) is 23.5 Å². The predicted molar refractivity (Wildman–Crippen MR) is 78.3 cm³/mol. The predicted octanol–water partition coefficient (Wildman–Crippen LogP) is 2.74. The van der Waals surface area contributed by atoms with E-state index < -0.39 is 0 Å².